The Balaban J connectivity index is 1.48. The molecule has 1 aromatic heterocycles. The standard InChI is InChI=1S/C23H31FN4OS/c1-2-25-22(28-13-11-27(12-14-28)21-4-3-17-30-21)26-18-23(9-15-29-16-10-23)19-5-7-20(24)8-6-19/h3-8,17H,2,9-16,18H2,1H3,(H,25,26). The third kappa shape index (κ3) is 4.78. The number of halogens is 1. The number of nitrogens with one attached hydrogen (secondary N) is 1. The van der Waals surface area contributed by atoms with Crippen LogP contribution in [-0.4, -0.2) is 63.3 Å². The summed E-state index contributed by atoms with van der Waals surface area (Å²) in [6.45, 7) is 9.01. The summed E-state index contributed by atoms with van der Waals surface area (Å²) in [7, 11) is 0. The topological polar surface area (TPSA) is 40.1 Å². The summed E-state index contributed by atoms with van der Waals surface area (Å²) in [6, 6.07) is 11.3. The maximum Gasteiger partial charge on any atom is 0.194 e. The van der Waals surface area contributed by atoms with Gasteiger partial charge in [-0.1, -0.05) is 12.1 Å². The van der Waals surface area contributed by atoms with Gasteiger partial charge in [-0.25, -0.2) is 4.39 Å². The molecule has 30 heavy (non-hydrogen) atoms. The van der Waals surface area contributed by atoms with E-state index in [1.54, 1.807) is 23.5 Å². The molecular formula is C23H31FN4OS. The minimum absolute atomic E-state index is 0.0919. The van der Waals surface area contributed by atoms with Crippen LogP contribution in [0.3, 0.4) is 0 Å². The number of rotatable bonds is 5. The number of nitrogens with zero attached hydrogens (tertiary/aromatic N) is 3. The molecule has 0 atom stereocenters. The highest BCUT2D eigenvalue weighted by atomic mass is 32.1. The van der Waals surface area contributed by atoms with Gasteiger partial charge in [-0.15, -0.1) is 11.3 Å². The number of guanidine groups is 1. The molecule has 2 saturated heterocycles. The molecule has 7 heteroatoms. The summed E-state index contributed by atoms with van der Waals surface area (Å²) in [5.74, 6) is 0.790. The monoisotopic (exact) mass is 430 g/mol. The Morgan fingerprint density at radius 3 is 2.50 bits per heavy atom. The van der Waals surface area contributed by atoms with Crippen molar-refractivity contribution in [2.45, 2.75) is 25.2 Å². The number of aliphatic imine (C=N–C) groups is 1. The molecule has 0 spiro atoms. The van der Waals surface area contributed by atoms with Crippen LogP contribution in [-0.2, 0) is 10.2 Å². The number of piperazine rings is 1. The van der Waals surface area contributed by atoms with Crippen LogP contribution in [0.25, 0.3) is 0 Å². The first-order chi connectivity index (χ1) is 14.7. The Morgan fingerprint density at radius 1 is 1.13 bits per heavy atom. The van der Waals surface area contributed by atoms with Crippen LogP contribution in [0, 0.1) is 5.82 Å². The molecule has 1 aromatic carbocycles. The highest BCUT2D eigenvalue weighted by molar-refractivity contribution is 7.14. The van der Waals surface area contributed by atoms with Crippen LogP contribution in [0.1, 0.15) is 25.3 Å². The third-order valence-corrected chi connectivity index (χ3v) is 7.10. The fourth-order valence-corrected chi connectivity index (χ4v) is 5.13. The Bertz CT molecular complexity index is 810. The lowest BCUT2D eigenvalue weighted by atomic mass is 9.74. The highest BCUT2D eigenvalue weighted by Crippen LogP contribution is 2.35. The van der Waals surface area contributed by atoms with E-state index in [1.807, 2.05) is 12.1 Å². The number of hydrogen-bond acceptors (Lipinski definition) is 4. The zero-order valence-corrected chi connectivity index (χ0v) is 18.5. The van der Waals surface area contributed by atoms with Crippen molar-refractivity contribution >= 4 is 22.3 Å². The molecule has 0 aliphatic carbocycles. The molecule has 0 amide bonds. The molecule has 3 heterocycles. The van der Waals surface area contributed by atoms with E-state index in [0.717, 1.165) is 70.3 Å². The van der Waals surface area contributed by atoms with Gasteiger partial charge in [0.25, 0.3) is 0 Å². The molecular weight excluding hydrogens is 399 g/mol. The molecule has 162 valence electrons. The Kier molecular flexibility index (Phi) is 6.89. The van der Waals surface area contributed by atoms with E-state index in [4.69, 9.17) is 9.73 Å². The van der Waals surface area contributed by atoms with Crippen molar-refractivity contribution in [3.05, 3.63) is 53.2 Å². The van der Waals surface area contributed by atoms with Crippen LogP contribution < -0.4 is 10.2 Å². The van der Waals surface area contributed by atoms with Crippen molar-refractivity contribution in [3.63, 3.8) is 0 Å². The Hall–Kier alpha value is -2.12. The molecule has 2 fully saturated rings. The van der Waals surface area contributed by atoms with Gasteiger partial charge in [-0.3, -0.25) is 4.99 Å². The van der Waals surface area contributed by atoms with E-state index in [1.165, 1.54) is 5.00 Å². The fraction of sp³-hybridized carbons (Fsp3) is 0.522. The molecule has 0 radical (unpaired) electrons. The van der Waals surface area contributed by atoms with Crippen LogP contribution in [0.4, 0.5) is 9.39 Å². The average molecular weight is 431 g/mol. The van der Waals surface area contributed by atoms with Crippen LogP contribution in [0.15, 0.2) is 46.8 Å². The van der Waals surface area contributed by atoms with Crippen molar-refractivity contribution in [2.24, 2.45) is 4.99 Å². The quantitative estimate of drug-likeness (QED) is 0.580. The zero-order valence-electron chi connectivity index (χ0n) is 17.6. The SMILES string of the molecule is CCNC(=NCC1(c2ccc(F)cc2)CCOCC1)N1CCN(c2cccs2)CC1. The number of thiophene rings is 1. The second-order valence-corrected chi connectivity index (χ2v) is 8.92. The van der Waals surface area contributed by atoms with Crippen molar-refractivity contribution in [2.75, 3.05) is 57.4 Å². The maximum absolute atomic E-state index is 13.5. The zero-order chi connectivity index (χ0) is 20.8. The molecule has 5 nitrogen and oxygen atoms in total. The van der Waals surface area contributed by atoms with Crippen molar-refractivity contribution < 1.29 is 9.13 Å². The maximum atomic E-state index is 13.5. The van der Waals surface area contributed by atoms with Gasteiger partial charge in [-0.05, 0) is 55.0 Å². The summed E-state index contributed by atoms with van der Waals surface area (Å²) < 4.78 is 19.1. The summed E-state index contributed by atoms with van der Waals surface area (Å²) in [5, 5.41) is 6.96. The molecule has 4 rings (SSSR count). The van der Waals surface area contributed by atoms with Crippen molar-refractivity contribution in [3.8, 4) is 0 Å². The third-order valence-electron chi connectivity index (χ3n) is 6.17. The molecule has 0 bridgehead atoms. The second-order valence-electron chi connectivity index (χ2n) is 8.00. The molecule has 0 unspecified atom stereocenters. The number of benzene rings is 1. The summed E-state index contributed by atoms with van der Waals surface area (Å²) in [5.41, 5.74) is 1.07. The molecule has 2 aromatic rings. The molecule has 0 saturated carbocycles. The molecule has 1 N–H and O–H groups in total. The van der Waals surface area contributed by atoms with Crippen LogP contribution in [0.2, 0.25) is 0 Å². The van der Waals surface area contributed by atoms with E-state index in [2.05, 4.69) is 39.6 Å². The van der Waals surface area contributed by atoms with Gasteiger partial charge in [0.1, 0.15) is 5.82 Å². The number of anilines is 1. The predicted molar refractivity (Wildman–Crippen MR) is 122 cm³/mol. The first-order valence-electron chi connectivity index (χ1n) is 10.9. The van der Waals surface area contributed by atoms with Gasteiger partial charge in [0.2, 0.25) is 0 Å². The van der Waals surface area contributed by atoms with Gasteiger partial charge < -0.3 is 19.9 Å². The van der Waals surface area contributed by atoms with Crippen molar-refractivity contribution in [1.29, 1.82) is 0 Å². The summed E-state index contributed by atoms with van der Waals surface area (Å²) in [6.07, 6.45) is 1.82. The fourth-order valence-electron chi connectivity index (χ4n) is 4.34. The average Bonchev–Trinajstić information content (AvgIpc) is 3.33. The second kappa shape index (κ2) is 9.79. The minimum Gasteiger partial charge on any atom is -0.381 e. The lowest BCUT2D eigenvalue weighted by molar-refractivity contribution is 0.0530. The van der Waals surface area contributed by atoms with Crippen LogP contribution in [0.5, 0.6) is 0 Å². The van der Waals surface area contributed by atoms with Crippen LogP contribution >= 0.6 is 11.3 Å². The van der Waals surface area contributed by atoms with E-state index in [0.29, 0.717) is 6.54 Å². The lowest BCUT2D eigenvalue weighted by Crippen LogP contribution is -2.53. The first-order valence-corrected chi connectivity index (χ1v) is 11.7. The Morgan fingerprint density at radius 2 is 1.87 bits per heavy atom. The smallest absolute Gasteiger partial charge is 0.194 e. The van der Waals surface area contributed by atoms with E-state index in [-0.39, 0.29) is 11.2 Å². The molecule has 2 aliphatic rings. The number of ether oxygens (including phenoxy) is 1. The highest BCUT2D eigenvalue weighted by Gasteiger charge is 2.35. The van der Waals surface area contributed by atoms with Gasteiger partial charge in [-0.2, -0.15) is 0 Å². The molecule has 2 aliphatic heterocycles. The van der Waals surface area contributed by atoms with Gasteiger partial charge >= 0.3 is 0 Å². The normalized spacial score (nSPS) is 19.7. The van der Waals surface area contributed by atoms with Gasteiger partial charge in [0.05, 0.1) is 11.5 Å². The first kappa shape index (κ1) is 21.1. The summed E-state index contributed by atoms with van der Waals surface area (Å²) >= 11 is 1.80. The van der Waals surface area contributed by atoms with E-state index >= 15 is 0 Å². The van der Waals surface area contributed by atoms with E-state index in [9.17, 15) is 4.39 Å². The van der Waals surface area contributed by atoms with Gasteiger partial charge in [0.15, 0.2) is 5.96 Å². The Labute approximate surface area is 182 Å². The van der Waals surface area contributed by atoms with E-state index < -0.39 is 0 Å². The van der Waals surface area contributed by atoms with Crippen molar-refractivity contribution in [1.82, 2.24) is 10.2 Å². The summed E-state index contributed by atoms with van der Waals surface area (Å²) in [4.78, 5) is 9.90. The predicted octanol–water partition coefficient (Wildman–Crippen LogP) is 3.72. The van der Waals surface area contributed by atoms with Gasteiger partial charge in [0, 0.05) is 51.4 Å². The largest absolute Gasteiger partial charge is 0.381 e. The minimum atomic E-state index is -0.193. The lowest BCUT2D eigenvalue weighted by Gasteiger charge is -2.39. The number of hydrogen-bond donors (Lipinski definition) is 1.